The molecule has 0 aliphatic carbocycles. The molecule has 1 heterocycles. The zero-order valence-corrected chi connectivity index (χ0v) is 13.8. The number of nitriles is 1. The summed E-state index contributed by atoms with van der Waals surface area (Å²) < 4.78 is 40.2. The van der Waals surface area contributed by atoms with Crippen molar-refractivity contribution < 1.29 is 18.3 Å². The van der Waals surface area contributed by atoms with Gasteiger partial charge < -0.3 is 9.67 Å². The molecule has 0 saturated heterocycles. The van der Waals surface area contributed by atoms with Gasteiger partial charge in [0.15, 0.2) is 0 Å². The fraction of sp³-hybridized carbons (Fsp3) is 0.158. The van der Waals surface area contributed by atoms with Crippen molar-refractivity contribution in [2.45, 2.75) is 13.1 Å². The van der Waals surface area contributed by atoms with Crippen LogP contribution >= 0.6 is 0 Å². The first-order valence-corrected chi connectivity index (χ1v) is 7.58. The Morgan fingerprint density at radius 3 is 2.46 bits per heavy atom. The van der Waals surface area contributed by atoms with E-state index >= 15 is 0 Å². The average Bonchev–Trinajstić information content (AvgIpc) is 2.55. The molecule has 1 aromatic heterocycles. The first kappa shape index (κ1) is 17.5. The Bertz CT molecular complexity index is 1140. The van der Waals surface area contributed by atoms with Gasteiger partial charge in [-0.05, 0) is 36.2 Å². The molecule has 0 aliphatic rings. The molecule has 0 amide bonds. The van der Waals surface area contributed by atoms with E-state index < -0.39 is 17.3 Å². The minimum absolute atomic E-state index is 0.00563. The highest BCUT2D eigenvalue weighted by Crippen LogP contribution is 2.36. The number of pyridine rings is 1. The van der Waals surface area contributed by atoms with E-state index in [1.807, 2.05) is 6.07 Å². The zero-order chi connectivity index (χ0) is 19.2. The summed E-state index contributed by atoms with van der Waals surface area (Å²) in [6.45, 7) is 1.36. The summed E-state index contributed by atoms with van der Waals surface area (Å²) in [6.07, 6.45) is -2.98. The summed E-state index contributed by atoms with van der Waals surface area (Å²) >= 11 is 0. The SMILES string of the molecule is Cc1cc(-c2cn(C)c(=O)c3c(C#N)cc(O)cc23)ccc1C(F)(F)F. The summed E-state index contributed by atoms with van der Waals surface area (Å²) in [5.41, 5.74) is -0.222. The number of aryl methyl sites for hydroxylation is 2. The summed E-state index contributed by atoms with van der Waals surface area (Å²) in [5.74, 6) is -0.202. The van der Waals surface area contributed by atoms with Gasteiger partial charge in [0.05, 0.1) is 16.5 Å². The van der Waals surface area contributed by atoms with Crippen LogP contribution in [0.5, 0.6) is 5.75 Å². The number of nitrogens with zero attached hydrogens (tertiary/aromatic N) is 2. The number of aromatic hydroxyl groups is 1. The van der Waals surface area contributed by atoms with Crippen LogP contribution in [0.4, 0.5) is 13.2 Å². The predicted molar refractivity (Wildman–Crippen MR) is 90.7 cm³/mol. The number of hydrogen-bond donors (Lipinski definition) is 1. The number of phenolic OH excluding ortho intramolecular Hbond substituents is 1. The van der Waals surface area contributed by atoms with Crippen molar-refractivity contribution in [1.82, 2.24) is 4.57 Å². The Morgan fingerprint density at radius 1 is 1.19 bits per heavy atom. The maximum Gasteiger partial charge on any atom is 0.416 e. The highest BCUT2D eigenvalue weighted by Gasteiger charge is 2.32. The fourth-order valence-electron chi connectivity index (χ4n) is 3.04. The number of fused-ring (bicyclic) bond motifs is 1. The second-order valence-electron chi connectivity index (χ2n) is 6.01. The van der Waals surface area contributed by atoms with Gasteiger partial charge in [0.1, 0.15) is 11.8 Å². The number of phenols is 1. The molecule has 4 nitrogen and oxygen atoms in total. The standard InChI is InChI=1S/C19H13F3N2O2/c1-10-5-11(3-4-16(10)19(20,21)22)15-9-24(2)18(26)17-12(8-23)6-13(25)7-14(15)17/h3-7,9,25H,1-2H3. The predicted octanol–water partition coefficient (Wildman–Crippen LogP) is 4.11. The normalized spacial score (nSPS) is 11.5. The molecule has 0 radical (unpaired) electrons. The second kappa shape index (κ2) is 5.92. The highest BCUT2D eigenvalue weighted by atomic mass is 19.4. The molecule has 0 atom stereocenters. The van der Waals surface area contributed by atoms with Gasteiger partial charge in [0.25, 0.3) is 5.56 Å². The van der Waals surface area contributed by atoms with Gasteiger partial charge in [-0.25, -0.2) is 0 Å². The van der Waals surface area contributed by atoms with Gasteiger partial charge in [0, 0.05) is 24.2 Å². The van der Waals surface area contributed by atoms with E-state index in [1.165, 1.54) is 49.0 Å². The van der Waals surface area contributed by atoms with Crippen LogP contribution < -0.4 is 5.56 Å². The Morgan fingerprint density at radius 2 is 1.88 bits per heavy atom. The van der Waals surface area contributed by atoms with Crippen LogP contribution in [-0.4, -0.2) is 9.67 Å². The van der Waals surface area contributed by atoms with Crippen LogP contribution in [0.2, 0.25) is 0 Å². The molecule has 7 heteroatoms. The van der Waals surface area contributed by atoms with Crippen LogP contribution in [0.1, 0.15) is 16.7 Å². The lowest BCUT2D eigenvalue weighted by Gasteiger charge is -2.14. The van der Waals surface area contributed by atoms with E-state index in [1.54, 1.807) is 0 Å². The van der Waals surface area contributed by atoms with Gasteiger partial charge in [-0.2, -0.15) is 18.4 Å². The van der Waals surface area contributed by atoms with Gasteiger partial charge in [0.2, 0.25) is 0 Å². The Kier molecular flexibility index (Phi) is 3.99. The summed E-state index contributed by atoms with van der Waals surface area (Å²) in [6, 6.07) is 8.06. The van der Waals surface area contributed by atoms with Crippen molar-refractivity contribution >= 4 is 10.8 Å². The molecule has 3 aromatic rings. The third-order valence-electron chi connectivity index (χ3n) is 4.23. The van der Waals surface area contributed by atoms with Crippen molar-refractivity contribution in [1.29, 1.82) is 5.26 Å². The molecular formula is C19H13F3N2O2. The third kappa shape index (κ3) is 2.80. The zero-order valence-electron chi connectivity index (χ0n) is 13.8. The Labute approximate surface area is 146 Å². The van der Waals surface area contributed by atoms with E-state index in [-0.39, 0.29) is 22.3 Å². The maximum atomic E-state index is 13.0. The molecule has 0 saturated carbocycles. The number of benzene rings is 2. The van der Waals surface area contributed by atoms with Crippen molar-refractivity contribution in [2.75, 3.05) is 0 Å². The molecule has 0 spiro atoms. The van der Waals surface area contributed by atoms with E-state index in [9.17, 15) is 28.3 Å². The fourth-order valence-corrected chi connectivity index (χ4v) is 3.04. The van der Waals surface area contributed by atoms with E-state index in [0.29, 0.717) is 16.5 Å². The third-order valence-corrected chi connectivity index (χ3v) is 4.23. The van der Waals surface area contributed by atoms with Crippen LogP contribution in [0.3, 0.4) is 0 Å². The number of rotatable bonds is 1. The van der Waals surface area contributed by atoms with Gasteiger partial charge >= 0.3 is 6.18 Å². The smallest absolute Gasteiger partial charge is 0.416 e. The molecular weight excluding hydrogens is 345 g/mol. The Hall–Kier alpha value is -3.27. The summed E-state index contributed by atoms with van der Waals surface area (Å²) in [4.78, 5) is 12.4. The second-order valence-corrected chi connectivity index (χ2v) is 6.01. The molecule has 3 rings (SSSR count). The summed E-state index contributed by atoms with van der Waals surface area (Å²) in [5, 5.41) is 19.6. The van der Waals surface area contributed by atoms with E-state index in [2.05, 4.69) is 0 Å². The lowest BCUT2D eigenvalue weighted by molar-refractivity contribution is -0.138. The monoisotopic (exact) mass is 358 g/mol. The number of aromatic nitrogens is 1. The lowest BCUT2D eigenvalue weighted by atomic mass is 9.95. The molecule has 0 fully saturated rings. The van der Waals surface area contributed by atoms with E-state index in [0.717, 1.165) is 6.07 Å². The molecule has 0 aliphatic heterocycles. The van der Waals surface area contributed by atoms with Crippen LogP contribution in [0.25, 0.3) is 21.9 Å². The van der Waals surface area contributed by atoms with Crippen molar-refractivity contribution in [2.24, 2.45) is 7.05 Å². The maximum absolute atomic E-state index is 13.0. The molecule has 0 bridgehead atoms. The number of hydrogen-bond acceptors (Lipinski definition) is 3. The average molecular weight is 358 g/mol. The number of halogens is 3. The minimum atomic E-state index is -4.46. The van der Waals surface area contributed by atoms with Crippen LogP contribution in [0, 0.1) is 18.3 Å². The largest absolute Gasteiger partial charge is 0.508 e. The molecule has 2 aromatic carbocycles. The van der Waals surface area contributed by atoms with Crippen LogP contribution in [0.15, 0.2) is 41.3 Å². The molecule has 132 valence electrons. The van der Waals surface area contributed by atoms with Crippen molar-refractivity contribution in [3.8, 4) is 22.9 Å². The van der Waals surface area contributed by atoms with Crippen molar-refractivity contribution in [3.05, 3.63) is 63.6 Å². The van der Waals surface area contributed by atoms with Gasteiger partial charge in [-0.1, -0.05) is 12.1 Å². The first-order valence-electron chi connectivity index (χ1n) is 7.58. The minimum Gasteiger partial charge on any atom is -0.508 e. The van der Waals surface area contributed by atoms with E-state index in [4.69, 9.17) is 0 Å². The molecule has 26 heavy (non-hydrogen) atoms. The first-order chi connectivity index (χ1) is 12.1. The number of alkyl halides is 3. The van der Waals surface area contributed by atoms with Crippen LogP contribution in [-0.2, 0) is 13.2 Å². The lowest BCUT2D eigenvalue weighted by Crippen LogP contribution is -2.17. The highest BCUT2D eigenvalue weighted by molar-refractivity contribution is 5.99. The molecule has 0 unspecified atom stereocenters. The van der Waals surface area contributed by atoms with Gasteiger partial charge in [-0.15, -0.1) is 0 Å². The van der Waals surface area contributed by atoms with Crippen molar-refractivity contribution in [3.63, 3.8) is 0 Å². The molecule has 1 N–H and O–H groups in total. The summed E-state index contributed by atoms with van der Waals surface area (Å²) in [7, 11) is 1.50. The topological polar surface area (TPSA) is 66.0 Å². The Balaban J connectivity index is 2.39. The quantitative estimate of drug-likeness (QED) is 0.712. The van der Waals surface area contributed by atoms with Gasteiger partial charge in [-0.3, -0.25) is 4.79 Å².